The molecule has 0 radical (unpaired) electrons. The number of likely N-dealkylation sites (tertiary alicyclic amines) is 1. The molecule has 8 atom stereocenters. The number of alkyl halides is 1. The number of aromatic amines is 3. The summed E-state index contributed by atoms with van der Waals surface area (Å²) in [5.41, 5.74) is 23.0. The summed E-state index contributed by atoms with van der Waals surface area (Å²) >= 11 is 3.65. The molecule has 5 heterocycles. The number of aliphatic hydroxyl groups excluding tert-OH is 1. The number of aliphatic imine (C=N–C) groups is 1. The number of nitrogens with two attached hydrogens (primary N) is 3. The molecule has 0 bridgehead atoms. The molecule has 0 spiro atoms. The molecule has 4 aromatic heterocycles. The maximum Gasteiger partial charge on any atom is 0.327 e. The summed E-state index contributed by atoms with van der Waals surface area (Å²) in [5, 5.41) is 71.5. The Morgan fingerprint density at radius 3 is 1.88 bits per heavy atom. The number of nitrogens with one attached hydrogen (secondary N) is 11. The summed E-state index contributed by atoms with van der Waals surface area (Å²) in [6.45, 7) is 4.16. The van der Waals surface area contributed by atoms with Gasteiger partial charge in [-0.1, -0.05) is 75.6 Å². The van der Waals surface area contributed by atoms with Gasteiger partial charge in [-0.3, -0.25) is 62.7 Å². The van der Waals surface area contributed by atoms with E-state index in [0.717, 1.165) is 54.8 Å². The lowest BCUT2D eigenvalue weighted by atomic mass is 9.80. The molecule has 1 aliphatic carbocycles. The normalized spacial score (nSPS) is 15.4. The number of fused-ring (bicyclic) bond motifs is 6. The zero-order valence-corrected chi connectivity index (χ0v) is 63.1. The number of rotatable bonds is 35. The quantitative estimate of drug-likeness (QED) is 0.00884. The van der Waals surface area contributed by atoms with Gasteiger partial charge in [-0.15, -0.1) is 0 Å². The summed E-state index contributed by atoms with van der Waals surface area (Å²) in [7, 11) is 2.44. The molecule has 4 aromatic carbocycles. The third kappa shape index (κ3) is 22.4. The lowest BCUT2D eigenvalue weighted by molar-refractivity contribution is -0.143. The Bertz CT molecular complexity index is 5030. The molecule has 40 heteroatoms. The topological polar surface area (TPSA) is 599 Å². The molecule has 37 nitrogen and oxygen atoms in total. The first-order chi connectivity index (χ1) is 53.5. The van der Waals surface area contributed by atoms with E-state index in [4.69, 9.17) is 17.2 Å². The van der Waals surface area contributed by atoms with Crippen LogP contribution in [0, 0.1) is 5.92 Å². The van der Waals surface area contributed by atoms with Gasteiger partial charge in [-0.25, -0.2) is 19.6 Å². The number of allylic oxidation sites excluding steroid dienone is 1. The molecule has 8 aromatic rings. The lowest BCUT2D eigenvalue weighted by Crippen LogP contribution is -2.58. The molecule has 1 saturated heterocycles. The molecule has 112 heavy (non-hydrogen) atoms. The smallest absolute Gasteiger partial charge is 0.327 e. The van der Waals surface area contributed by atoms with Crippen molar-refractivity contribution in [3.63, 3.8) is 0 Å². The number of carboxylic acid groups (broad SMARTS) is 4. The first kappa shape index (κ1) is 83.6. The molecule has 1 aliphatic heterocycles. The molecular weight excluding hydrogens is 1560 g/mol. The number of aromatic nitrogens is 6. The van der Waals surface area contributed by atoms with Crippen LogP contribution in [-0.4, -0.2) is 198 Å². The molecule has 8 amide bonds. The highest BCUT2D eigenvalue weighted by Gasteiger charge is 2.44. The fourth-order valence-electron chi connectivity index (χ4n) is 12.1. The molecule has 0 saturated carbocycles. The van der Waals surface area contributed by atoms with Crippen molar-refractivity contribution in [1.29, 1.82) is 0 Å². The first-order valence-electron chi connectivity index (χ1n) is 34.8. The highest BCUT2D eigenvalue weighted by molar-refractivity contribution is 9.09. The number of nitrogen functional groups attached to an aromatic ring is 1. The fraction of sp³-hybridized carbons (Fsp3) is 0.319. The van der Waals surface area contributed by atoms with E-state index >= 15 is 0 Å². The Balaban J connectivity index is 0.000000279. The predicted molar refractivity (Wildman–Crippen MR) is 419 cm³/mol. The summed E-state index contributed by atoms with van der Waals surface area (Å²) in [6.07, 6.45) is -0.741. The Kier molecular flexibility index (Phi) is 28.9. The number of carbonyl (C=O) groups is 12. The van der Waals surface area contributed by atoms with Crippen molar-refractivity contribution in [2.75, 3.05) is 51.6 Å². The number of aliphatic carboxylic acids is 4. The predicted octanol–water partition coefficient (Wildman–Crippen LogP) is 3.73. The van der Waals surface area contributed by atoms with Crippen LogP contribution in [0.3, 0.4) is 0 Å². The average molecular weight is 1640 g/mol. The Morgan fingerprint density at radius 1 is 0.661 bits per heavy atom. The van der Waals surface area contributed by atoms with Crippen LogP contribution in [0.25, 0.3) is 33.0 Å². The van der Waals surface area contributed by atoms with Crippen LogP contribution in [0.5, 0.6) is 0 Å². The van der Waals surface area contributed by atoms with Gasteiger partial charge in [0.1, 0.15) is 41.6 Å². The van der Waals surface area contributed by atoms with Crippen molar-refractivity contribution in [2.45, 2.75) is 108 Å². The van der Waals surface area contributed by atoms with Crippen molar-refractivity contribution in [3.8, 4) is 0 Å². The summed E-state index contributed by atoms with van der Waals surface area (Å²) < 4.78 is 0. The second-order valence-corrected chi connectivity index (χ2v) is 29.0. The van der Waals surface area contributed by atoms with Gasteiger partial charge in [0.15, 0.2) is 17.1 Å². The molecule has 590 valence electrons. The van der Waals surface area contributed by atoms with Crippen molar-refractivity contribution in [2.24, 2.45) is 22.4 Å². The molecule has 2 aliphatic rings. The van der Waals surface area contributed by atoms with Gasteiger partial charge in [0, 0.05) is 98.8 Å². The fourth-order valence-corrected chi connectivity index (χ4v) is 14.5. The number of nitrogens with zero attached hydrogens (tertiary/aromatic N) is 5. The number of amides is 8. The monoisotopic (exact) mass is 1640 g/mol. The SMILES string of the molecule is CCC(=O)Nc1ccc2[nH]c(C(=O)Nc3ccc4[nH]c(C(=O)N5CC(CBr)C6C5=CC(O)c5ccccc56)cc4c3)cc2c1.CCSSC[C@H](NC(=O)[C@H](CC(=O)O)NC(=O)[C@H](CCCN=C(N)N)NC(=O)[C@H](CC(=O)O)NC(=O)CC[C@H](NC(=O)c1ccc(NCc2cnc3nc(N)[nH]c(=O)c3n2)cc1)C(=O)O)C(=O)O. The molecule has 3 unspecified atom stereocenters. The van der Waals surface area contributed by atoms with Gasteiger partial charge in [0.05, 0.1) is 37.4 Å². The number of hydrogen-bond acceptors (Lipinski definition) is 22. The van der Waals surface area contributed by atoms with Crippen LogP contribution in [-0.2, 0) is 49.7 Å². The lowest BCUT2D eigenvalue weighted by Gasteiger charge is -2.29. The number of anilines is 4. The van der Waals surface area contributed by atoms with E-state index < -0.39 is 121 Å². The second kappa shape index (κ2) is 38.8. The van der Waals surface area contributed by atoms with E-state index in [-0.39, 0.29) is 89.9 Å². The number of halogens is 1. The van der Waals surface area contributed by atoms with E-state index in [1.54, 1.807) is 42.2 Å². The standard InChI is InChI=1S/C38H50N14O14S2.C34H30BrN5O4/c1-2-67-68-16-24(36(65)66)50-33(61)23(13-27(56)57)49-31(59)20(4-3-11-42-37(39)40)47-32(60)22(12-26(54)55)46-25(53)10-9-21(35(63)64)48-30(58)17-5-7-18(8-6-17)43-14-19-15-44-29-28(45-19)34(62)52-38(41)51-29;1-2-31(42)36-21-7-9-25-18(11-21)13-27(38-25)33(43)37-22-8-10-26-19(12-22)14-28(39-26)34(44)40-17-20(16-35)32-24-6-4-3-5-23(24)30(41)15-29(32)40/h5-8,15,20-24,43H,2-4,9-14,16H2,1H3,(H,46,53)(H,47,60)(H,48,58)(H,49,59)(H,50,61)(H,54,55)(H,56,57)(H,63,64)(H,65,66)(H4,39,40,42)(H3,41,44,51,52,62);3-15,20,30,32,38-39,41H,2,16-17H2,1H3,(H,36,42)(H,37,43)/t20-,21-,22-,23-,24-;/m0./s1. The maximum atomic E-state index is 13.8. The van der Waals surface area contributed by atoms with E-state index in [0.29, 0.717) is 52.9 Å². The second-order valence-electron chi connectivity index (χ2n) is 25.6. The summed E-state index contributed by atoms with van der Waals surface area (Å²) in [4.78, 5) is 191. The zero-order valence-electron chi connectivity index (χ0n) is 59.9. The molecule has 22 N–H and O–H groups in total. The van der Waals surface area contributed by atoms with Crippen molar-refractivity contribution < 1.29 is 83.1 Å². The third-order valence-corrected chi connectivity index (χ3v) is 20.9. The van der Waals surface area contributed by atoms with Crippen LogP contribution in [0.2, 0.25) is 0 Å². The third-order valence-electron chi connectivity index (χ3n) is 17.6. The minimum absolute atomic E-state index is 0.0142. The van der Waals surface area contributed by atoms with Crippen molar-refractivity contribution in [1.82, 2.24) is 61.4 Å². The van der Waals surface area contributed by atoms with Crippen LogP contribution < -0.4 is 65.3 Å². The van der Waals surface area contributed by atoms with Gasteiger partial charge < -0.3 is 100 Å². The zero-order chi connectivity index (χ0) is 81.0. The molecular formula is C72H80BrN19O18S2. The number of carboxylic acids is 4. The summed E-state index contributed by atoms with van der Waals surface area (Å²) in [6, 6.07) is 19.6. The van der Waals surface area contributed by atoms with Gasteiger partial charge in [-0.2, -0.15) is 4.98 Å². The average Bonchev–Trinajstić information content (AvgIpc) is 1.57. The number of aliphatic hydroxyl groups is 1. The maximum absolute atomic E-state index is 13.8. The van der Waals surface area contributed by atoms with Gasteiger partial charge in [-0.05, 0) is 115 Å². The highest BCUT2D eigenvalue weighted by atomic mass is 79.9. The largest absolute Gasteiger partial charge is 0.481 e. The van der Waals surface area contributed by atoms with Crippen LogP contribution in [0.1, 0.15) is 119 Å². The van der Waals surface area contributed by atoms with E-state index in [1.807, 2.05) is 55.5 Å². The number of guanidine groups is 1. The van der Waals surface area contributed by atoms with Gasteiger partial charge in [0.2, 0.25) is 35.5 Å². The Morgan fingerprint density at radius 2 is 1.26 bits per heavy atom. The van der Waals surface area contributed by atoms with Crippen LogP contribution in [0.15, 0.2) is 125 Å². The highest BCUT2D eigenvalue weighted by Crippen LogP contribution is 2.48. The van der Waals surface area contributed by atoms with Crippen LogP contribution in [0.4, 0.5) is 23.0 Å². The van der Waals surface area contributed by atoms with Gasteiger partial charge in [0.25, 0.3) is 23.3 Å². The van der Waals surface area contributed by atoms with Crippen molar-refractivity contribution in [3.05, 3.63) is 159 Å². The van der Waals surface area contributed by atoms with E-state index in [9.17, 15) is 87.9 Å². The van der Waals surface area contributed by atoms with Crippen LogP contribution >= 0.6 is 37.5 Å². The van der Waals surface area contributed by atoms with E-state index in [1.165, 1.54) is 41.3 Å². The molecule has 10 rings (SSSR count). The minimum Gasteiger partial charge on any atom is -0.481 e. The first-order valence-corrected chi connectivity index (χ1v) is 38.4. The Labute approximate surface area is 652 Å². The minimum atomic E-state index is -1.88. The van der Waals surface area contributed by atoms with Crippen molar-refractivity contribution >= 4 is 171 Å². The number of H-pyrrole nitrogens is 3. The van der Waals surface area contributed by atoms with Gasteiger partial charge >= 0.3 is 23.9 Å². The summed E-state index contributed by atoms with van der Waals surface area (Å²) in [5.74, 6) is -11.8. The number of benzene rings is 4. The molecule has 1 fully saturated rings. The Hall–Kier alpha value is -12.4. The number of hydrogen-bond donors (Lipinski definition) is 19. The number of carbonyl (C=O) groups excluding carboxylic acids is 8. The van der Waals surface area contributed by atoms with E-state index in [2.05, 4.69) is 93.4 Å².